The zero-order valence-electron chi connectivity index (χ0n) is 14.1. The van der Waals surface area contributed by atoms with Gasteiger partial charge in [-0.2, -0.15) is 0 Å². The molecule has 0 aliphatic carbocycles. The summed E-state index contributed by atoms with van der Waals surface area (Å²) >= 11 is 0. The van der Waals surface area contributed by atoms with E-state index in [1.165, 1.54) is 12.4 Å². The number of sulfonamides is 1. The molecular weight excluding hydrogens is 358 g/mol. The van der Waals surface area contributed by atoms with Crippen LogP contribution in [0.15, 0.2) is 41.5 Å². The molecule has 0 saturated carbocycles. The minimum atomic E-state index is -3.42. The van der Waals surface area contributed by atoms with Gasteiger partial charge in [0.2, 0.25) is 10.0 Å². The van der Waals surface area contributed by atoms with Crippen molar-refractivity contribution < 1.29 is 13.6 Å². The fraction of sp³-hybridized carbons (Fsp3) is 0.188. The number of fused-ring (bicyclic) bond motifs is 1. The molecule has 2 aromatic heterocycles. The molecule has 0 saturated heterocycles. The summed E-state index contributed by atoms with van der Waals surface area (Å²) < 4.78 is 25.9. The predicted molar refractivity (Wildman–Crippen MR) is 98.0 cm³/mol. The molecule has 0 amide bonds. The zero-order valence-corrected chi connectivity index (χ0v) is 14.9. The molecule has 1 aromatic carbocycles. The van der Waals surface area contributed by atoms with E-state index in [4.69, 9.17) is 0 Å². The van der Waals surface area contributed by atoms with Gasteiger partial charge in [-0.3, -0.25) is 9.52 Å². The summed E-state index contributed by atoms with van der Waals surface area (Å²) in [4.78, 5) is 20.0. The summed E-state index contributed by atoms with van der Waals surface area (Å²) in [5.74, 6) is 0. The van der Waals surface area contributed by atoms with Crippen LogP contribution in [0.2, 0.25) is 0 Å². The first-order valence-electron chi connectivity index (χ1n) is 7.62. The number of hydrogen-bond acceptors (Lipinski definition) is 7. The molecule has 3 N–H and O–H groups in total. The quantitative estimate of drug-likeness (QED) is 0.574. The number of aromatic nitrogens is 3. The summed E-state index contributed by atoms with van der Waals surface area (Å²) in [6.45, 7) is 1.98. The van der Waals surface area contributed by atoms with Gasteiger partial charge in [0.1, 0.15) is 6.33 Å². The molecule has 0 unspecified atom stereocenters. The first kappa shape index (κ1) is 17.7. The van der Waals surface area contributed by atoms with Gasteiger partial charge in [-0.1, -0.05) is 18.2 Å². The van der Waals surface area contributed by atoms with Gasteiger partial charge in [-0.15, -0.1) is 4.73 Å². The Morgan fingerprint density at radius 2 is 1.92 bits per heavy atom. The first-order chi connectivity index (χ1) is 12.3. The van der Waals surface area contributed by atoms with Crippen LogP contribution in [-0.2, 0) is 16.6 Å². The fourth-order valence-corrected chi connectivity index (χ4v) is 3.20. The van der Waals surface area contributed by atoms with Crippen LogP contribution in [0.4, 0.5) is 11.4 Å². The van der Waals surface area contributed by atoms with Crippen LogP contribution in [0.1, 0.15) is 11.3 Å². The van der Waals surface area contributed by atoms with Crippen molar-refractivity contribution in [1.82, 2.24) is 14.7 Å². The third kappa shape index (κ3) is 3.59. The zero-order chi connectivity index (χ0) is 18.9. The van der Waals surface area contributed by atoms with Crippen LogP contribution in [0.3, 0.4) is 0 Å². The summed E-state index contributed by atoms with van der Waals surface area (Å²) in [5, 5.41) is 13.5. The minimum Gasteiger partial charge on any atom is -0.423 e. The van der Waals surface area contributed by atoms with Crippen molar-refractivity contribution in [3.8, 4) is 0 Å². The van der Waals surface area contributed by atoms with Gasteiger partial charge in [0.05, 0.1) is 28.7 Å². The van der Waals surface area contributed by atoms with E-state index in [0.29, 0.717) is 32.7 Å². The third-order valence-electron chi connectivity index (χ3n) is 3.75. The van der Waals surface area contributed by atoms with Gasteiger partial charge in [0.15, 0.2) is 5.65 Å². The number of benzene rings is 1. The smallest absolute Gasteiger partial charge is 0.286 e. The van der Waals surface area contributed by atoms with Crippen LogP contribution >= 0.6 is 0 Å². The van der Waals surface area contributed by atoms with Gasteiger partial charge >= 0.3 is 0 Å². The standard InChI is InChI=1S/C16H17N5O4S/c1-10-15-13(7-14(22)21(23)16(15)19-9-18-10)17-8-11-5-3-4-6-12(11)20-26(2,24)25/h3-7,9,17,20,23H,8H2,1-2H3. The average Bonchev–Trinajstić information content (AvgIpc) is 2.57. The first-order valence-corrected chi connectivity index (χ1v) is 9.51. The molecule has 9 nitrogen and oxygen atoms in total. The Hall–Kier alpha value is -3.14. The van der Waals surface area contributed by atoms with Crippen LogP contribution in [0.25, 0.3) is 11.0 Å². The van der Waals surface area contributed by atoms with E-state index < -0.39 is 15.6 Å². The highest BCUT2D eigenvalue weighted by Crippen LogP contribution is 2.24. The minimum absolute atomic E-state index is 0.0926. The van der Waals surface area contributed by atoms with Crippen molar-refractivity contribution in [3.63, 3.8) is 0 Å². The van der Waals surface area contributed by atoms with E-state index in [1.54, 1.807) is 31.2 Å². The van der Waals surface area contributed by atoms with E-state index in [1.807, 2.05) is 0 Å². The average molecular weight is 375 g/mol. The molecular formula is C16H17N5O4S. The van der Waals surface area contributed by atoms with Crippen LogP contribution in [-0.4, -0.2) is 34.6 Å². The van der Waals surface area contributed by atoms with Gasteiger partial charge in [0, 0.05) is 12.6 Å². The molecule has 0 fully saturated rings. The predicted octanol–water partition coefficient (Wildman–Crippen LogP) is 1.32. The number of aryl methyl sites for hydroxylation is 1. The molecule has 3 rings (SSSR count). The number of nitrogens with zero attached hydrogens (tertiary/aromatic N) is 3. The van der Waals surface area contributed by atoms with E-state index >= 15 is 0 Å². The highest BCUT2D eigenvalue weighted by atomic mass is 32.2. The molecule has 0 aliphatic heterocycles. The van der Waals surface area contributed by atoms with Crippen LogP contribution < -0.4 is 15.6 Å². The summed E-state index contributed by atoms with van der Waals surface area (Å²) in [5.41, 5.74) is 1.62. The van der Waals surface area contributed by atoms with E-state index in [-0.39, 0.29) is 12.2 Å². The van der Waals surface area contributed by atoms with Crippen molar-refractivity contribution in [2.75, 3.05) is 16.3 Å². The second kappa shape index (κ2) is 6.64. The van der Waals surface area contributed by atoms with Gasteiger partial charge in [-0.25, -0.2) is 18.4 Å². The van der Waals surface area contributed by atoms with Crippen molar-refractivity contribution in [2.24, 2.45) is 0 Å². The second-order valence-corrected chi connectivity index (χ2v) is 7.50. The number of hydrogen-bond donors (Lipinski definition) is 3. The summed E-state index contributed by atoms with van der Waals surface area (Å²) in [7, 11) is -3.42. The molecule has 0 aliphatic rings. The largest absolute Gasteiger partial charge is 0.423 e. The topological polar surface area (TPSA) is 126 Å². The third-order valence-corrected chi connectivity index (χ3v) is 4.34. The number of anilines is 2. The van der Waals surface area contributed by atoms with Gasteiger partial charge < -0.3 is 10.5 Å². The monoisotopic (exact) mass is 375 g/mol. The Morgan fingerprint density at radius 3 is 2.65 bits per heavy atom. The molecule has 0 atom stereocenters. The molecule has 10 heteroatoms. The number of rotatable bonds is 5. The fourth-order valence-electron chi connectivity index (χ4n) is 2.60. The lowest BCUT2D eigenvalue weighted by molar-refractivity contribution is 0.186. The number of pyridine rings is 1. The SMILES string of the molecule is Cc1ncnc2c1c(NCc1ccccc1NS(C)(=O)=O)cc(=O)n2O. The Morgan fingerprint density at radius 1 is 1.19 bits per heavy atom. The second-order valence-electron chi connectivity index (χ2n) is 5.75. The molecule has 0 radical (unpaired) electrons. The lowest BCUT2D eigenvalue weighted by Crippen LogP contribution is -2.20. The van der Waals surface area contributed by atoms with E-state index in [0.717, 1.165) is 6.26 Å². The lowest BCUT2D eigenvalue weighted by Gasteiger charge is -2.14. The molecule has 2 heterocycles. The van der Waals surface area contributed by atoms with Crippen LogP contribution in [0.5, 0.6) is 0 Å². The highest BCUT2D eigenvalue weighted by Gasteiger charge is 2.13. The van der Waals surface area contributed by atoms with Crippen molar-refractivity contribution in [1.29, 1.82) is 0 Å². The van der Waals surface area contributed by atoms with Gasteiger partial charge in [0.25, 0.3) is 5.56 Å². The molecule has 26 heavy (non-hydrogen) atoms. The van der Waals surface area contributed by atoms with Gasteiger partial charge in [-0.05, 0) is 18.6 Å². The van der Waals surface area contributed by atoms with Crippen molar-refractivity contribution in [3.05, 3.63) is 58.3 Å². The maximum absolute atomic E-state index is 12.0. The summed E-state index contributed by atoms with van der Waals surface area (Å²) in [6, 6.07) is 8.15. The maximum Gasteiger partial charge on any atom is 0.286 e. The molecule has 3 aromatic rings. The Bertz CT molecular complexity index is 1140. The molecule has 0 spiro atoms. The molecule has 0 bridgehead atoms. The van der Waals surface area contributed by atoms with Crippen LogP contribution in [0, 0.1) is 6.92 Å². The summed E-state index contributed by atoms with van der Waals surface area (Å²) in [6.07, 6.45) is 2.34. The van der Waals surface area contributed by atoms with Crippen molar-refractivity contribution >= 4 is 32.4 Å². The normalized spacial score (nSPS) is 11.5. The van der Waals surface area contributed by atoms with E-state index in [2.05, 4.69) is 20.0 Å². The number of para-hydroxylation sites is 1. The Labute approximate surface area is 149 Å². The number of nitrogens with one attached hydrogen (secondary N) is 2. The van der Waals surface area contributed by atoms with E-state index in [9.17, 15) is 18.4 Å². The lowest BCUT2D eigenvalue weighted by atomic mass is 10.1. The Balaban J connectivity index is 2.00. The maximum atomic E-state index is 12.0. The highest BCUT2D eigenvalue weighted by molar-refractivity contribution is 7.92. The molecule has 136 valence electrons. The Kier molecular flexibility index (Phi) is 4.51. The van der Waals surface area contributed by atoms with Crippen molar-refractivity contribution in [2.45, 2.75) is 13.5 Å².